The maximum atomic E-state index is 14.7. The van der Waals surface area contributed by atoms with Crippen molar-refractivity contribution in [3.63, 3.8) is 0 Å². The number of alkyl halides is 3. The van der Waals surface area contributed by atoms with Crippen LogP contribution in [-0.4, -0.2) is 52.3 Å². The third kappa shape index (κ3) is 4.16. The van der Waals surface area contributed by atoms with Crippen LogP contribution in [0.1, 0.15) is 25.3 Å². The fourth-order valence-electron chi connectivity index (χ4n) is 4.02. The minimum absolute atomic E-state index is 0.0481. The van der Waals surface area contributed by atoms with E-state index < -0.39 is 17.6 Å². The summed E-state index contributed by atoms with van der Waals surface area (Å²) in [5.41, 5.74) is -1.46. The lowest BCUT2D eigenvalue weighted by Gasteiger charge is -2.32. The van der Waals surface area contributed by atoms with Crippen LogP contribution in [0, 0.1) is 5.82 Å². The first-order valence-electron chi connectivity index (χ1n) is 10.1. The highest BCUT2D eigenvalue weighted by molar-refractivity contribution is 5.81. The van der Waals surface area contributed by atoms with E-state index in [1.165, 1.54) is 35.9 Å². The number of methoxy groups -OCH3 is 1. The highest BCUT2D eigenvalue weighted by Crippen LogP contribution is 2.40. The number of benzene rings is 1. The highest BCUT2D eigenvalue weighted by atomic mass is 19.4. The quantitative estimate of drug-likeness (QED) is 0.598. The number of likely N-dealkylation sites (N-methyl/N-ethyl adjacent to an activating group) is 1. The number of nitrogens with zero attached hydrogens (tertiary/aromatic N) is 4. The van der Waals surface area contributed by atoms with Crippen LogP contribution >= 0.6 is 0 Å². The van der Waals surface area contributed by atoms with Crippen molar-refractivity contribution in [2.45, 2.75) is 32.0 Å². The Bertz CT molecular complexity index is 1080. The third-order valence-electron chi connectivity index (χ3n) is 5.61. The van der Waals surface area contributed by atoms with Gasteiger partial charge in [0.15, 0.2) is 5.82 Å². The number of ether oxygens (including phenoxy) is 1. The molecule has 0 unspecified atom stereocenters. The minimum atomic E-state index is -4.67. The molecule has 0 saturated carbocycles. The van der Waals surface area contributed by atoms with Crippen molar-refractivity contribution in [1.29, 1.82) is 0 Å². The average Bonchev–Trinajstić information content (AvgIpc) is 3.15. The summed E-state index contributed by atoms with van der Waals surface area (Å²) in [6, 6.07) is 4.78. The van der Waals surface area contributed by atoms with Gasteiger partial charge in [-0.05, 0) is 50.2 Å². The number of nitrogens with one attached hydrogen (secondary N) is 1. The molecule has 3 aromatic rings. The molecule has 1 aliphatic heterocycles. The van der Waals surface area contributed by atoms with Gasteiger partial charge >= 0.3 is 6.18 Å². The number of anilines is 1. The van der Waals surface area contributed by atoms with Crippen molar-refractivity contribution in [1.82, 2.24) is 19.5 Å². The first-order valence-corrected chi connectivity index (χ1v) is 10.1. The van der Waals surface area contributed by atoms with Gasteiger partial charge in [0.05, 0.1) is 12.7 Å². The maximum Gasteiger partial charge on any atom is 0.417 e. The number of hydrogen-bond donors (Lipinski definition) is 1. The normalized spacial score (nSPS) is 17.8. The Morgan fingerprint density at radius 3 is 2.74 bits per heavy atom. The third-order valence-corrected chi connectivity index (χ3v) is 5.61. The number of piperidine rings is 1. The molecule has 0 radical (unpaired) electrons. The summed E-state index contributed by atoms with van der Waals surface area (Å²) in [7, 11) is 1.28. The van der Waals surface area contributed by atoms with Crippen molar-refractivity contribution in [2.75, 3.05) is 32.1 Å². The van der Waals surface area contributed by atoms with Crippen LogP contribution in [0.15, 0.2) is 30.5 Å². The highest BCUT2D eigenvalue weighted by Gasteiger charge is 2.35. The molecule has 4 rings (SSSR count). The lowest BCUT2D eigenvalue weighted by molar-refractivity contribution is -0.137. The molecule has 0 amide bonds. The van der Waals surface area contributed by atoms with Crippen LogP contribution in [-0.2, 0) is 6.18 Å². The lowest BCUT2D eigenvalue weighted by atomic mass is 10.0. The molecule has 2 aromatic heterocycles. The van der Waals surface area contributed by atoms with Gasteiger partial charge in [-0.15, -0.1) is 10.2 Å². The molecule has 10 heteroatoms. The van der Waals surface area contributed by atoms with E-state index in [-0.39, 0.29) is 28.6 Å². The van der Waals surface area contributed by atoms with Crippen molar-refractivity contribution in [3.05, 3.63) is 41.8 Å². The van der Waals surface area contributed by atoms with Crippen LogP contribution in [0.4, 0.5) is 23.5 Å². The molecule has 1 fully saturated rings. The second kappa shape index (κ2) is 8.33. The summed E-state index contributed by atoms with van der Waals surface area (Å²) in [4.78, 5) is 2.30. The van der Waals surface area contributed by atoms with Crippen LogP contribution in [0.2, 0.25) is 0 Å². The summed E-state index contributed by atoms with van der Waals surface area (Å²) in [6.07, 6.45) is -1.29. The molecule has 166 valence electrons. The molecular weight excluding hydrogens is 414 g/mol. The Kier molecular flexibility index (Phi) is 5.74. The van der Waals surface area contributed by atoms with E-state index >= 15 is 0 Å². The molecule has 3 heterocycles. The molecule has 1 aromatic carbocycles. The van der Waals surface area contributed by atoms with Crippen molar-refractivity contribution >= 4 is 11.5 Å². The second-order valence-electron chi connectivity index (χ2n) is 7.54. The first kappa shape index (κ1) is 21.4. The Hall–Kier alpha value is -2.88. The summed E-state index contributed by atoms with van der Waals surface area (Å²) >= 11 is 0. The zero-order valence-electron chi connectivity index (χ0n) is 17.2. The molecule has 6 nitrogen and oxygen atoms in total. The number of aromatic nitrogens is 3. The standard InChI is InChI=1S/C21H23F4N5O/c1-3-29-9-4-5-13(12-29)26-20-28-27-18(19-17(22)8-10-30(19)20)15-7-6-14(31-2)11-16(15)21(23,24)25/h6-8,10-11,13H,3-5,9,12H2,1-2H3,(H,26,28)/t13-/m1/s1. The summed E-state index contributed by atoms with van der Waals surface area (Å²) < 4.78 is 62.2. The fourth-order valence-corrected chi connectivity index (χ4v) is 4.02. The molecule has 1 N–H and O–H groups in total. The van der Waals surface area contributed by atoms with Gasteiger partial charge in [0.1, 0.15) is 17.0 Å². The van der Waals surface area contributed by atoms with Gasteiger partial charge < -0.3 is 15.0 Å². The lowest BCUT2D eigenvalue weighted by Crippen LogP contribution is -2.42. The molecule has 0 spiro atoms. The zero-order valence-corrected chi connectivity index (χ0v) is 17.2. The van der Waals surface area contributed by atoms with Gasteiger partial charge in [-0.2, -0.15) is 13.2 Å². The van der Waals surface area contributed by atoms with E-state index in [2.05, 4.69) is 27.3 Å². The smallest absolute Gasteiger partial charge is 0.417 e. The SMILES string of the molecule is CCN1CCC[C@@H](Nc2nnc(-c3ccc(OC)cc3C(F)(F)F)c3c(F)ccn23)C1. The predicted octanol–water partition coefficient (Wildman–Crippen LogP) is 4.46. The number of fused-ring (bicyclic) bond motifs is 1. The monoisotopic (exact) mass is 437 g/mol. The van der Waals surface area contributed by atoms with E-state index in [1.54, 1.807) is 0 Å². The van der Waals surface area contributed by atoms with E-state index in [4.69, 9.17) is 4.74 Å². The van der Waals surface area contributed by atoms with Crippen molar-refractivity contribution < 1.29 is 22.3 Å². The van der Waals surface area contributed by atoms with Crippen molar-refractivity contribution in [3.8, 4) is 17.0 Å². The zero-order chi connectivity index (χ0) is 22.2. The number of rotatable bonds is 5. The van der Waals surface area contributed by atoms with E-state index in [0.717, 1.165) is 38.5 Å². The molecular formula is C21H23F4N5O. The first-order chi connectivity index (χ1) is 14.8. The Morgan fingerprint density at radius 2 is 2.03 bits per heavy atom. The topological polar surface area (TPSA) is 54.7 Å². The molecule has 1 aliphatic rings. The summed E-state index contributed by atoms with van der Waals surface area (Å²) in [5.74, 6) is -0.324. The van der Waals surface area contributed by atoms with Gasteiger partial charge in [-0.3, -0.25) is 4.40 Å². The Balaban J connectivity index is 1.78. The van der Waals surface area contributed by atoms with Gasteiger partial charge in [0.2, 0.25) is 5.95 Å². The molecule has 0 aliphatic carbocycles. The minimum Gasteiger partial charge on any atom is -0.497 e. The van der Waals surface area contributed by atoms with Gasteiger partial charge in [0.25, 0.3) is 0 Å². The van der Waals surface area contributed by atoms with E-state index in [9.17, 15) is 17.6 Å². The predicted molar refractivity (Wildman–Crippen MR) is 109 cm³/mol. The summed E-state index contributed by atoms with van der Waals surface area (Å²) in [6.45, 7) is 4.84. The van der Waals surface area contributed by atoms with E-state index in [0.29, 0.717) is 5.95 Å². The van der Waals surface area contributed by atoms with E-state index in [1.807, 2.05) is 0 Å². The largest absolute Gasteiger partial charge is 0.497 e. The van der Waals surface area contributed by atoms with Crippen molar-refractivity contribution in [2.24, 2.45) is 0 Å². The molecule has 31 heavy (non-hydrogen) atoms. The maximum absolute atomic E-state index is 14.7. The number of halogens is 4. The van der Waals surface area contributed by atoms with Crippen LogP contribution in [0.3, 0.4) is 0 Å². The Labute approximate surface area is 176 Å². The molecule has 0 bridgehead atoms. The van der Waals surface area contributed by atoms with Gasteiger partial charge in [-0.1, -0.05) is 6.92 Å². The number of likely N-dealkylation sites (tertiary alicyclic amines) is 1. The number of hydrogen-bond acceptors (Lipinski definition) is 5. The summed E-state index contributed by atoms with van der Waals surface area (Å²) in [5, 5.41) is 11.4. The van der Waals surface area contributed by atoms with Crippen LogP contribution in [0.25, 0.3) is 16.8 Å². The average molecular weight is 437 g/mol. The second-order valence-corrected chi connectivity index (χ2v) is 7.54. The van der Waals surface area contributed by atoms with Crippen LogP contribution in [0.5, 0.6) is 5.75 Å². The fraction of sp³-hybridized carbons (Fsp3) is 0.429. The van der Waals surface area contributed by atoms with Crippen LogP contribution < -0.4 is 10.1 Å². The molecule has 1 saturated heterocycles. The Morgan fingerprint density at radius 1 is 1.23 bits per heavy atom. The van der Waals surface area contributed by atoms with Gasteiger partial charge in [-0.25, -0.2) is 4.39 Å². The molecule has 1 atom stereocenters. The van der Waals surface area contributed by atoms with Gasteiger partial charge in [0, 0.05) is 24.3 Å².